The molecule has 2 amide bonds. The van der Waals surface area contributed by atoms with Crippen molar-refractivity contribution in [3.05, 3.63) is 18.2 Å². The first-order valence-electron chi connectivity index (χ1n) is 9.89. The molecule has 0 aromatic heterocycles. The van der Waals surface area contributed by atoms with E-state index in [1.165, 1.54) is 26.0 Å². The molecule has 0 unspecified atom stereocenters. The van der Waals surface area contributed by atoms with Crippen LogP contribution in [0.2, 0.25) is 0 Å². The van der Waals surface area contributed by atoms with Crippen LogP contribution in [-0.4, -0.2) is 74.7 Å². The highest BCUT2D eigenvalue weighted by Crippen LogP contribution is 2.44. The summed E-state index contributed by atoms with van der Waals surface area (Å²) in [5.41, 5.74) is -0.109. The third kappa shape index (κ3) is 5.66. The number of nitrogens with one attached hydrogen (secondary N) is 1. The van der Waals surface area contributed by atoms with E-state index < -0.39 is 33.5 Å². The second kappa shape index (κ2) is 9.18. The maximum absolute atomic E-state index is 12.5. The van der Waals surface area contributed by atoms with Crippen molar-refractivity contribution in [2.24, 2.45) is 4.99 Å². The molecule has 2 aliphatic heterocycles. The Balaban J connectivity index is 1.86. The molecule has 2 saturated heterocycles. The first-order valence-corrected chi connectivity index (χ1v) is 12.6. The summed E-state index contributed by atoms with van der Waals surface area (Å²) in [5, 5.41) is 2.48. The number of fused-ring (bicyclic) bond motifs is 1. The Morgan fingerprint density at radius 3 is 2.56 bits per heavy atom. The van der Waals surface area contributed by atoms with Crippen LogP contribution in [0.25, 0.3) is 0 Å². The van der Waals surface area contributed by atoms with E-state index in [1.54, 1.807) is 43.9 Å². The summed E-state index contributed by atoms with van der Waals surface area (Å²) >= 11 is 1.23. The third-order valence-electron chi connectivity index (χ3n) is 4.72. The highest BCUT2D eigenvalue weighted by Gasteiger charge is 2.50. The Labute approximate surface area is 191 Å². The number of amidine groups is 1. The molecule has 2 heterocycles. The zero-order chi connectivity index (χ0) is 23.7. The molecule has 0 spiro atoms. The second-order valence-electron chi connectivity index (χ2n) is 8.35. The number of nitrogens with zero attached hydrogens (tertiary/aromatic N) is 2. The minimum Gasteiger partial charge on any atom is -0.497 e. The topological polar surface area (TPSA) is 124 Å². The molecule has 32 heavy (non-hydrogen) atoms. The molecule has 1 N–H and O–H groups in total. The SMILES string of the molecule is COc1ccc(N2C(=NC(=O)CNC(=O)OC(C)(C)C)S[C@@H]3CS(=O)(=O)C[C@@H]32)c(OC)c1. The van der Waals surface area contributed by atoms with Gasteiger partial charge in [0.2, 0.25) is 0 Å². The fourth-order valence-electron chi connectivity index (χ4n) is 3.44. The molecule has 2 aliphatic rings. The molecular formula is C20H27N3O7S2. The van der Waals surface area contributed by atoms with Crippen LogP contribution < -0.4 is 19.7 Å². The number of ether oxygens (including phenoxy) is 3. The van der Waals surface area contributed by atoms with Crippen LogP contribution in [0.5, 0.6) is 11.5 Å². The van der Waals surface area contributed by atoms with Gasteiger partial charge in [-0.25, -0.2) is 13.2 Å². The van der Waals surface area contributed by atoms with Gasteiger partial charge in [0, 0.05) is 11.3 Å². The third-order valence-corrected chi connectivity index (χ3v) is 7.93. The predicted octanol–water partition coefficient (Wildman–Crippen LogP) is 1.83. The van der Waals surface area contributed by atoms with Gasteiger partial charge < -0.3 is 24.4 Å². The number of rotatable bonds is 5. The van der Waals surface area contributed by atoms with E-state index in [4.69, 9.17) is 14.2 Å². The smallest absolute Gasteiger partial charge is 0.408 e. The van der Waals surface area contributed by atoms with Gasteiger partial charge in [-0.05, 0) is 32.9 Å². The van der Waals surface area contributed by atoms with Gasteiger partial charge in [-0.3, -0.25) is 4.79 Å². The molecule has 12 heteroatoms. The number of sulfone groups is 1. The summed E-state index contributed by atoms with van der Waals surface area (Å²) in [6.45, 7) is 4.81. The lowest BCUT2D eigenvalue weighted by molar-refractivity contribution is -0.117. The standard InChI is InChI=1S/C20H27N3O7S2/c1-20(2,3)30-19(25)21-9-17(24)22-18-23(14-10-32(26,27)11-16(14)31-18)13-7-6-12(28-4)8-15(13)29-5/h6-8,14,16H,9-11H2,1-5H3,(H,21,25)/t14-,16+/m0/s1. The van der Waals surface area contributed by atoms with E-state index in [9.17, 15) is 18.0 Å². The van der Waals surface area contributed by atoms with Crippen LogP contribution in [0.1, 0.15) is 20.8 Å². The van der Waals surface area contributed by atoms with E-state index in [-0.39, 0.29) is 23.3 Å². The normalized spacial score (nSPS) is 23.0. The molecule has 0 bridgehead atoms. The van der Waals surface area contributed by atoms with Crippen LogP contribution >= 0.6 is 11.8 Å². The van der Waals surface area contributed by atoms with Crippen molar-refractivity contribution in [1.82, 2.24) is 5.32 Å². The lowest BCUT2D eigenvalue weighted by Gasteiger charge is -2.26. The van der Waals surface area contributed by atoms with Gasteiger partial charge in [0.1, 0.15) is 23.6 Å². The molecular weight excluding hydrogens is 458 g/mol. The quantitative estimate of drug-likeness (QED) is 0.665. The first-order chi connectivity index (χ1) is 14.9. The number of aliphatic imine (C=N–C) groups is 1. The summed E-state index contributed by atoms with van der Waals surface area (Å²) in [4.78, 5) is 30.2. The maximum atomic E-state index is 12.5. The summed E-state index contributed by atoms with van der Waals surface area (Å²) in [6.07, 6.45) is -0.721. The Kier molecular flexibility index (Phi) is 6.94. The van der Waals surface area contributed by atoms with Crippen LogP contribution in [0.4, 0.5) is 10.5 Å². The zero-order valence-corrected chi connectivity index (χ0v) is 20.2. The average Bonchev–Trinajstić information content (AvgIpc) is 3.15. The Morgan fingerprint density at radius 1 is 1.22 bits per heavy atom. The average molecular weight is 486 g/mol. The second-order valence-corrected chi connectivity index (χ2v) is 11.7. The monoisotopic (exact) mass is 485 g/mol. The molecule has 0 radical (unpaired) electrons. The Morgan fingerprint density at radius 2 is 1.94 bits per heavy atom. The van der Waals surface area contributed by atoms with Crippen molar-refractivity contribution < 1.29 is 32.2 Å². The van der Waals surface area contributed by atoms with Gasteiger partial charge in [-0.15, -0.1) is 0 Å². The van der Waals surface area contributed by atoms with Crippen molar-refractivity contribution >= 4 is 44.5 Å². The molecule has 176 valence electrons. The van der Waals surface area contributed by atoms with Gasteiger partial charge >= 0.3 is 6.09 Å². The molecule has 2 atom stereocenters. The van der Waals surface area contributed by atoms with E-state index in [2.05, 4.69) is 10.3 Å². The molecule has 10 nitrogen and oxygen atoms in total. The van der Waals surface area contributed by atoms with Crippen molar-refractivity contribution in [3.63, 3.8) is 0 Å². The Bertz CT molecular complexity index is 1030. The minimum absolute atomic E-state index is 0.000667. The van der Waals surface area contributed by atoms with Crippen molar-refractivity contribution in [1.29, 1.82) is 0 Å². The first kappa shape index (κ1) is 24.2. The van der Waals surface area contributed by atoms with Crippen LogP contribution in [0, 0.1) is 0 Å². The van der Waals surface area contributed by atoms with Gasteiger partial charge in [0.15, 0.2) is 15.0 Å². The minimum atomic E-state index is -3.21. The number of hydrogen-bond donors (Lipinski definition) is 1. The summed E-state index contributed by atoms with van der Waals surface area (Å²) in [6, 6.07) is 4.76. The van der Waals surface area contributed by atoms with Gasteiger partial charge in [-0.2, -0.15) is 4.99 Å². The lowest BCUT2D eigenvalue weighted by Crippen LogP contribution is -2.39. The number of anilines is 1. The number of carbonyl (C=O) groups is 2. The molecule has 2 fully saturated rings. The lowest BCUT2D eigenvalue weighted by atomic mass is 10.2. The van der Waals surface area contributed by atoms with E-state index >= 15 is 0 Å². The largest absolute Gasteiger partial charge is 0.497 e. The number of benzene rings is 1. The van der Waals surface area contributed by atoms with Crippen molar-refractivity contribution in [3.8, 4) is 11.5 Å². The molecule has 3 rings (SSSR count). The van der Waals surface area contributed by atoms with Crippen LogP contribution in [0.3, 0.4) is 0 Å². The van der Waals surface area contributed by atoms with Crippen molar-refractivity contribution in [2.75, 3.05) is 37.2 Å². The molecule has 0 aliphatic carbocycles. The van der Waals surface area contributed by atoms with Gasteiger partial charge in [0.25, 0.3) is 5.91 Å². The maximum Gasteiger partial charge on any atom is 0.408 e. The van der Waals surface area contributed by atoms with E-state index in [0.29, 0.717) is 22.4 Å². The highest BCUT2D eigenvalue weighted by molar-refractivity contribution is 8.16. The Hall–Kier alpha value is -2.47. The zero-order valence-electron chi connectivity index (χ0n) is 18.6. The number of hydrogen-bond acceptors (Lipinski definition) is 8. The van der Waals surface area contributed by atoms with Gasteiger partial charge in [0.05, 0.1) is 37.5 Å². The summed E-state index contributed by atoms with van der Waals surface area (Å²) in [7, 11) is -0.183. The van der Waals surface area contributed by atoms with Crippen LogP contribution in [-0.2, 0) is 19.4 Å². The molecule has 1 aromatic carbocycles. The van der Waals surface area contributed by atoms with E-state index in [1.807, 2.05) is 0 Å². The number of carbonyl (C=O) groups excluding carboxylic acids is 2. The summed E-state index contributed by atoms with van der Waals surface area (Å²) in [5.74, 6) is 0.397. The summed E-state index contributed by atoms with van der Waals surface area (Å²) < 4.78 is 40.3. The number of amides is 2. The number of thioether (sulfide) groups is 1. The van der Waals surface area contributed by atoms with Gasteiger partial charge in [-0.1, -0.05) is 11.8 Å². The fourth-order valence-corrected chi connectivity index (χ4v) is 7.36. The number of methoxy groups -OCH3 is 2. The fraction of sp³-hybridized carbons (Fsp3) is 0.550. The molecule has 1 aromatic rings. The highest BCUT2D eigenvalue weighted by atomic mass is 32.2. The van der Waals surface area contributed by atoms with E-state index in [0.717, 1.165) is 0 Å². The molecule has 0 saturated carbocycles. The number of alkyl carbamates (subject to hydrolysis) is 1. The predicted molar refractivity (Wildman–Crippen MR) is 123 cm³/mol. The van der Waals surface area contributed by atoms with Crippen molar-refractivity contribution in [2.45, 2.75) is 37.7 Å². The van der Waals surface area contributed by atoms with Crippen LogP contribution in [0.15, 0.2) is 23.2 Å².